The van der Waals surface area contributed by atoms with Crippen molar-refractivity contribution in [1.29, 1.82) is 0 Å². The Balaban J connectivity index is 1.73. The van der Waals surface area contributed by atoms with E-state index in [0.29, 0.717) is 5.69 Å². The lowest BCUT2D eigenvalue weighted by atomic mass is 10.1. The van der Waals surface area contributed by atoms with Crippen molar-refractivity contribution in [3.8, 4) is 0 Å². The molecule has 0 aliphatic rings. The summed E-state index contributed by atoms with van der Waals surface area (Å²) in [6.07, 6.45) is 1.63. The van der Waals surface area contributed by atoms with E-state index in [-0.39, 0.29) is 5.91 Å². The number of benzene rings is 2. The number of amides is 1. The van der Waals surface area contributed by atoms with Crippen molar-refractivity contribution in [3.63, 3.8) is 0 Å². The predicted octanol–water partition coefficient (Wildman–Crippen LogP) is 4.76. The van der Waals surface area contributed by atoms with Gasteiger partial charge in [0.2, 0.25) is 0 Å². The van der Waals surface area contributed by atoms with Crippen molar-refractivity contribution >= 4 is 28.7 Å². The number of hydrogen-bond donors (Lipinski definition) is 2. The van der Waals surface area contributed by atoms with Crippen LogP contribution >= 0.6 is 0 Å². The minimum Gasteiger partial charge on any atom is -0.378 e. The molecule has 0 bridgehead atoms. The first-order valence-corrected chi connectivity index (χ1v) is 8.81. The van der Waals surface area contributed by atoms with Gasteiger partial charge in [-0.2, -0.15) is 0 Å². The summed E-state index contributed by atoms with van der Waals surface area (Å²) in [5.74, 6) is -0.239. The molecule has 0 atom stereocenters. The molecule has 5 nitrogen and oxygen atoms in total. The second-order valence-electron chi connectivity index (χ2n) is 6.77. The van der Waals surface area contributed by atoms with Crippen LogP contribution in [0.4, 0.5) is 22.7 Å². The zero-order valence-electron chi connectivity index (χ0n) is 16.1. The number of nitrogens with zero attached hydrogens (tertiary/aromatic N) is 2. The van der Waals surface area contributed by atoms with E-state index in [1.807, 2.05) is 55.4 Å². The largest absolute Gasteiger partial charge is 0.378 e. The number of rotatable bonds is 5. The van der Waals surface area contributed by atoms with Crippen molar-refractivity contribution in [3.05, 3.63) is 77.6 Å². The van der Waals surface area contributed by atoms with Gasteiger partial charge in [-0.1, -0.05) is 17.7 Å². The smallest absolute Gasteiger partial charge is 0.274 e. The number of carbonyl (C=O) groups is 1. The van der Waals surface area contributed by atoms with Crippen LogP contribution in [0.1, 0.15) is 21.6 Å². The van der Waals surface area contributed by atoms with Crippen LogP contribution in [0.5, 0.6) is 0 Å². The van der Waals surface area contributed by atoms with Crippen LogP contribution in [0, 0.1) is 13.8 Å². The summed E-state index contributed by atoms with van der Waals surface area (Å²) in [4.78, 5) is 18.7. The summed E-state index contributed by atoms with van der Waals surface area (Å²) < 4.78 is 0. The molecular weight excluding hydrogens is 336 g/mol. The van der Waals surface area contributed by atoms with Gasteiger partial charge in [0.1, 0.15) is 5.69 Å². The molecular formula is C22H24N4O. The third kappa shape index (κ3) is 4.64. The summed E-state index contributed by atoms with van der Waals surface area (Å²) in [6.45, 7) is 4.12. The van der Waals surface area contributed by atoms with E-state index in [4.69, 9.17) is 0 Å². The second-order valence-corrected chi connectivity index (χ2v) is 6.77. The Morgan fingerprint density at radius 3 is 2.33 bits per heavy atom. The van der Waals surface area contributed by atoms with Gasteiger partial charge in [-0.3, -0.25) is 9.78 Å². The Bertz CT molecular complexity index is 949. The molecule has 2 aromatic carbocycles. The fourth-order valence-electron chi connectivity index (χ4n) is 2.78. The number of aryl methyl sites for hydroxylation is 2. The molecule has 0 saturated heterocycles. The van der Waals surface area contributed by atoms with E-state index in [0.717, 1.165) is 28.3 Å². The summed E-state index contributed by atoms with van der Waals surface area (Å²) in [5, 5.41) is 6.24. The van der Waals surface area contributed by atoms with E-state index in [2.05, 4.69) is 41.6 Å². The first-order chi connectivity index (χ1) is 12.9. The molecule has 27 heavy (non-hydrogen) atoms. The maximum absolute atomic E-state index is 12.5. The normalized spacial score (nSPS) is 10.4. The Morgan fingerprint density at radius 1 is 0.926 bits per heavy atom. The van der Waals surface area contributed by atoms with Crippen molar-refractivity contribution in [1.82, 2.24) is 4.98 Å². The van der Waals surface area contributed by atoms with Crippen LogP contribution in [0.25, 0.3) is 0 Å². The first-order valence-electron chi connectivity index (χ1n) is 8.81. The molecule has 0 aliphatic carbocycles. The zero-order chi connectivity index (χ0) is 19.4. The maximum Gasteiger partial charge on any atom is 0.274 e. The lowest BCUT2D eigenvalue weighted by Gasteiger charge is -2.13. The van der Waals surface area contributed by atoms with E-state index >= 15 is 0 Å². The molecule has 0 saturated carbocycles. The van der Waals surface area contributed by atoms with Crippen LogP contribution in [0.2, 0.25) is 0 Å². The topological polar surface area (TPSA) is 57.3 Å². The zero-order valence-corrected chi connectivity index (χ0v) is 16.1. The highest BCUT2D eigenvalue weighted by Crippen LogP contribution is 2.22. The highest BCUT2D eigenvalue weighted by atomic mass is 16.1. The molecule has 1 heterocycles. The second kappa shape index (κ2) is 7.91. The lowest BCUT2D eigenvalue weighted by molar-refractivity contribution is 0.102. The van der Waals surface area contributed by atoms with Gasteiger partial charge < -0.3 is 15.5 Å². The Hall–Kier alpha value is -3.34. The molecule has 0 aliphatic heterocycles. The Kier molecular flexibility index (Phi) is 5.41. The Morgan fingerprint density at radius 2 is 1.67 bits per heavy atom. The highest BCUT2D eigenvalue weighted by molar-refractivity contribution is 6.03. The van der Waals surface area contributed by atoms with Crippen LogP contribution in [0.15, 0.2) is 60.8 Å². The molecule has 3 rings (SSSR count). The van der Waals surface area contributed by atoms with Crippen molar-refractivity contribution < 1.29 is 4.79 Å². The number of pyridine rings is 1. The fourth-order valence-corrected chi connectivity index (χ4v) is 2.78. The van der Waals surface area contributed by atoms with Gasteiger partial charge >= 0.3 is 0 Å². The number of carbonyl (C=O) groups excluding carboxylic acids is 1. The van der Waals surface area contributed by atoms with Gasteiger partial charge in [0.05, 0.1) is 0 Å². The number of aromatic nitrogens is 1. The molecule has 0 fully saturated rings. The average Bonchev–Trinajstić information content (AvgIpc) is 2.65. The quantitative estimate of drug-likeness (QED) is 0.689. The van der Waals surface area contributed by atoms with Crippen LogP contribution in [-0.2, 0) is 0 Å². The third-order valence-corrected chi connectivity index (χ3v) is 4.30. The maximum atomic E-state index is 12.5. The third-order valence-electron chi connectivity index (χ3n) is 4.30. The molecule has 3 aromatic rings. The molecule has 0 spiro atoms. The van der Waals surface area contributed by atoms with Gasteiger partial charge in [-0.25, -0.2) is 0 Å². The van der Waals surface area contributed by atoms with Crippen molar-refractivity contribution in [2.24, 2.45) is 0 Å². The number of hydrogen-bond acceptors (Lipinski definition) is 4. The minimum atomic E-state index is -0.239. The van der Waals surface area contributed by atoms with E-state index in [1.54, 1.807) is 12.3 Å². The summed E-state index contributed by atoms with van der Waals surface area (Å²) in [5.41, 5.74) is 6.38. The Labute approximate surface area is 160 Å². The molecule has 0 radical (unpaired) electrons. The van der Waals surface area contributed by atoms with E-state index in [1.165, 1.54) is 5.56 Å². The average molecular weight is 360 g/mol. The lowest BCUT2D eigenvalue weighted by Crippen LogP contribution is -2.14. The molecule has 1 amide bonds. The van der Waals surface area contributed by atoms with Gasteiger partial charge in [0, 0.05) is 43.0 Å². The molecule has 1 aromatic heterocycles. The minimum absolute atomic E-state index is 0.239. The SMILES string of the molecule is Cc1ccc(Nc2ccnc(C(=O)Nc3ccc(N(C)C)cc3)c2)c(C)c1. The molecule has 138 valence electrons. The predicted molar refractivity (Wildman–Crippen MR) is 112 cm³/mol. The van der Waals surface area contributed by atoms with Crippen LogP contribution < -0.4 is 15.5 Å². The number of anilines is 4. The van der Waals surface area contributed by atoms with Gasteiger partial charge in [-0.05, 0) is 61.9 Å². The van der Waals surface area contributed by atoms with Crippen LogP contribution in [0.3, 0.4) is 0 Å². The van der Waals surface area contributed by atoms with Crippen LogP contribution in [-0.4, -0.2) is 25.0 Å². The standard InChI is InChI=1S/C22H24N4O/c1-15-5-10-20(16(2)13-15)24-18-11-12-23-21(14-18)22(27)25-17-6-8-19(9-7-17)26(3)4/h5-14H,1-4H3,(H,23,24)(H,25,27). The van der Waals surface area contributed by atoms with Gasteiger partial charge in [0.15, 0.2) is 0 Å². The summed E-state index contributed by atoms with van der Waals surface area (Å²) >= 11 is 0. The molecule has 2 N–H and O–H groups in total. The van der Waals surface area contributed by atoms with Crippen molar-refractivity contribution in [2.75, 3.05) is 29.6 Å². The molecule has 5 heteroatoms. The summed E-state index contributed by atoms with van der Waals surface area (Å²) in [6, 6.07) is 17.5. The molecule has 0 unspecified atom stereocenters. The summed E-state index contributed by atoms with van der Waals surface area (Å²) in [7, 11) is 3.96. The van der Waals surface area contributed by atoms with Gasteiger partial charge in [0.25, 0.3) is 5.91 Å². The highest BCUT2D eigenvalue weighted by Gasteiger charge is 2.09. The number of nitrogens with one attached hydrogen (secondary N) is 2. The van der Waals surface area contributed by atoms with Gasteiger partial charge in [-0.15, -0.1) is 0 Å². The van der Waals surface area contributed by atoms with E-state index < -0.39 is 0 Å². The van der Waals surface area contributed by atoms with Crippen molar-refractivity contribution in [2.45, 2.75) is 13.8 Å². The monoisotopic (exact) mass is 360 g/mol. The first kappa shape index (κ1) is 18.5. The van der Waals surface area contributed by atoms with E-state index in [9.17, 15) is 4.79 Å². The fraction of sp³-hybridized carbons (Fsp3) is 0.182.